The minimum absolute atomic E-state index is 0.0969. The minimum atomic E-state index is -2.57. The van der Waals surface area contributed by atoms with Gasteiger partial charge in [0.05, 0.1) is 11.7 Å². The average molecular weight is 317 g/mol. The summed E-state index contributed by atoms with van der Waals surface area (Å²) in [6.45, 7) is 7.53. The van der Waals surface area contributed by atoms with Crippen LogP contribution in [0.5, 0.6) is 0 Å². The molecule has 122 valence electrons. The highest BCUT2D eigenvalue weighted by molar-refractivity contribution is 7.39. The van der Waals surface area contributed by atoms with Crippen LogP contribution in [0.2, 0.25) is 0 Å². The Hall–Kier alpha value is -0.800. The lowest BCUT2D eigenvalue weighted by Gasteiger charge is -2.21. The molecule has 1 amide bonds. The van der Waals surface area contributed by atoms with Crippen molar-refractivity contribution in [2.24, 2.45) is 0 Å². The SMILES string of the molecule is CCCCC(C1=CC(NC(=O)OC(C)(C)C)CC1)[PH](=O)O. The molecule has 5 nitrogen and oxygen atoms in total. The second-order valence-electron chi connectivity index (χ2n) is 6.57. The van der Waals surface area contributed by atoms with E-state index in [4.69, 9.17) is 4.74 Å². The zero-order chi connectivity index (χ0) is 16.0. The summed E-state index contributed by atoms with van der Waals surface area (Å²) in [5.41, 5.74) is 0.256. The van der Waals surface area contributed by atoms with Crippen molar-refractivity contribution in [3.05, 3.63) is 11.6 Å². The van der Waals surface area contributed by atoms with E-state index in [1.807, 2.05) is 26.8 Å². The summed E-state index contributed by atoms with van der Waals surface area (Å²) in [7, 11) is -2.57. The molecular formula is C15H28NO4P. The standard InChI is InChI=1S/C15H28NO4P/c1-5-6-7-13(21(18)19)11-8-9-12(10-11)16-14(17)20-15(2,3)4/h10,12-13,21H,5-9H2,1-4H3,(H,16,17)(H,18,19). The summed E-state index contributed by atoms with van der Waals surface area (Å²) >= 11 is 0. The van der Waals surface area contributed by atoms with Crippen LogP contribution in [0, 0.1) is 0 Å². The largest absolute Gasteiger partial charge is 0.444 e. The second-order valence-corrected chi connectivity index (χ2v) is 7.94. The molecule has 0 saturated heterocycles. The first-order valence-corrected chi connectivity index (χ1v) is 9.09. The number of allylic oxidation sites excluding steroid dienone is 1. The van der Waals surface area contributed by atoms with Gasteiger partial charge in [0.1, 0.15) is 5.60 Å². The van der Waals surface area contributed by atoms with E-state index >= 15 is 0 Å². The fraction of sp³-hybridized carbons (Fsp3) is 0.800. The predicted octanol–water partition coefficient (Wildman–Crippen LogP) is 3.63. The zero-order valence-electron chi connectivity index (χ0n) is 13.4. The molecule has 6 heteroatoms. The molecule has 0 spiro atoms. The first kappa shape index (κ1) is 18.2. The Balaban J connectivity index is 2.59. The normalized spacial score (nSPS) is 21.6. The van der Waals surface area contributed by atoms with Crippen molar-refractivity contribution in [1.82, 2.24) is 5.32 Å². The molecule has 0 heterocycles. The first-order valence-electron chi connectivity index (χ1n) is 7.66. The molecule has 0 saturated carbocycles. The van der Waals surface area contributed by atoms with Crippen LogP contribution in [-0.2, 0) is 9.30 Å². The van der Waals surface area contributed by atoms with E-state index in [9.17, 15) is 14.3 Å². The van der Waals surface area contributed by atoms with E-state index in [1.54, 1.807) is 0 Å². The summed E-state index contributed by atoms with van der Waals surface area (Å²) in [6, 6.07) is -0.0969. The molecular weight excluding hydrogens is 289 g/mol. The second kappa shape index (κ2) is 8.00. The van der Waals surface area contributed by atoms with Gasteiger partial charge in [-0.3, -0.25) is 4.57 Å². The van der Waals surface area contributed by atoms with Crippen molar-refractivity contribution >= 4 is 14.1 Å². The van der Waals surface area contributed by atoms with Crippen LogP contribution in [-0.4, -0.2) is 28.3 Å². The van der Waals surface area contributed by atoms with Crippen molar-refractivity contribution in [1.29, 1.82) is 0 Å². The monoisotopic (exact) mass is 317 g/mol. The number of ether oxygens (including phenoxy) is 1. The topological polar surface area (TPSA) is 75.6 Å². The third-order valence-corrected chi connectivity index (χ3v) is 4.71. The number of nitrogens with one attached hydrogen (secondary N) is 1. The van der Waals surface area contributed by atoms with Crippen LogP contribution < -0.4 is 5.32 Å². The van der Waals surface area contributed by atoms with Gasteiger partial charge in [0.25, 0.3) is 0 Å². The van der Waals surface area contributed by atoms with Crippen LogP contribution in [0.4, 0.5) is 4.79 Å². The zero-order valence-corrected chi connectivity index (χ0v) is 14.4. The molecule has 1 aliphatic rings. The summed E-state index contributed by atoms with van der Waals surface area (Å²) in [6.07, 6.45) is 5.74. The number of carbonyl (C=O) groups is 1. The Kier molecular flexibility index (Phi) is 6.95. The Morgan fingerprint density at radius 1 is 1.57 bits per heavy atom. The van der Waals surface area contributed by atoms with Crippen LogP contribution in [0.1, 0.15) is 59.8 Å². The maximum Gasteiger partial charge on any atom is 0.408 e. The molecule has 0 aromatic rings. The van der Waals surface area contributed by atoms with Crippen LogP contribution in [0.25, 0.3) is 0 Å². The summed E-state index contributed by atoms with van der Waals surface area (Å²) in [4.78, 5) is 21.2. The summed E-state index contributed by atoms with van der Waals surface area (Å²) in [5, 5.41) is 2.81. The molecule has 0 radical (unpaired) electrons. The van der Waals surface area contributed by atoms with Crippen molar-refractivity contribution in [2.45, 2.75) is 77.1 Å². The van der Waals surface area contributed by atoms with Gasteiger partial charge in [-0.1, -0.05) is 31.4 Å². The summed E-state index contributed by atoms with van der Waals surface area (Å²) < 4.78 is 16.8. The number of hydrogen-bond acceptors (Lipinski definition) is 3. The van der Waals surface area contributed by atoms with Crippen molar-refractivity contribution < 1.29 is 19.0 Å². The number of amides is 1. The molecule has 0 fully saturated rings. The predicted molar refractivity (Wildman–Crippen MR) is 85.0 cm³/mol. The Bertz CT molecular complexity index is 414. The van der Waals surface area contributed by atoms with E-state index in [2.05, 4.69) is 12.2 Å². The molecule has 2 N–H and O–H groups in total. The quantitative estimate of drug-likeness (QED) is 0.579. The van der Waals surface area contributed by atoms with E-state index in [-0.39, 0.29) is 11.7 Å². The lowest BCUT2D eigenvalue weighted by atomic mass is 10.1. The van der Waals surface area contributed by atoms with Crippen molar-refractivity contribution in [2.75, 3.05) is 0 Å². The lowest BCUT2D eigenvalue weighted by molar-refractivity contribution is 0.0514. The number of hydrogen-bond donors (Lipinski definition) is 2. The van der Waals surface area contributed by atoms with Gasteiger partial charge in [0.15, 0.2) is 8.03 Å². The third-order valence-electron chi connectivity index (χ3n) is 3.45. The van der Waals surface area contributed by atoms with Gasteiger partial charge < -0.3 is 14.9 Å². The molecule has 0 aliphatic heterocycles. The highest BCUT2D eigenvalue weighted by atomic mass is 31.1. The Labute approximate surface area is 128 Å². The van der Waals surface area contributed by atoms with Crippen LogP contribution in [0.3, 0.4) is 0 Å². The molecule has 1 rings (SSSR count). The van der Waals surface area contributed by atoms with E-state index in [0.29, 0.717) is 0 Å². The number of carbonyl (C=O) groups excluding carboxylic acids is 1. The van der Waals surface area contributed by atoms with Gasteiger partial charge in [0, 0.05) is 0 Å². The molecule has 3 atom stereocenters. The van der Waals surface area contributed by atoms with Gasteiger partial charge in [0.2, 0.25) is 0 Å². The fourth-order valence-corrected chi connectivity index (χ4v) is 3.49. The Morgan fingerprint density at radius 3 is 2.76 bits per heavy atom. The van der Waals surface area contributed by atoms with Crippen molar-refractivity contribution in [3.8, 4) is 0 Å². The van der Waals surface area contributed by atoms with E-state index in [1.165, 1.54) is 0 Å². The molecule has 0 bridgehead atoms. The van der Waals surface area contributed by atoms with Crippen LogP contribution in [0.15, 0.2) is 11.6 Å². The van der Waals surface area contributed by atoms with Gasteiger partial charge in [-0.15, -0.1) is 0 Å². The smallest absolute Gasteiger partial charge is 0.408 e. The molecule has 3 unspecified atom stereocenters. The fourth-order valence-electron chi connectivity index (χ4n) is 2.49. The number of unbranched alkanes of at least 4 members (excludes halogenated alkanes) is 1. The van der Waals surface area contributed by atoms with E-state index < -0.39 is 19.7 Å². The van der Waals surface area contributed by atoms with E-state index in [0.717, 1.165) is 37.7 Å². The van der Waals surface area contributed by atoms with Crippen LogP contribution >= 0.6 is 8.03 Å². The summed E-state index contributed by atoms with van der Waals surface area (Å²) in [5.74, 6) is 0. The molecule has 0 aromatic carbocycles. The number of rotatable bonds is 6. The Morgan fingerprint density at radius 2 is 2.24 bits per heavy atom. The molecule has 0 aromatic heterocycles. The van der Waals surface area contributed by atoms with Gasteiger partial charge in [-0.05, 0) is 40.0 Å². The highest BCUT2D eigenvalue weighted by Gasteiger charge is 2.27. The van der Waals surface area contributed by atoms with Gasteiger partial charge in [-0.2, -0.15) is 0 Å². The van der Waals surface area contributed by atoms with Crippen molar-refractivity contribution in [3.63, 3.8) is 0 Å². The third kappa shape index (κ3) is 6.66. The molecule has 21 heavy (non-hydrogen) atoms. The average Bonchev–Trinajstić information content (AvgIpc) is 2.74. The minimum Gasteiger partial charge on any atom is -0.444 e. The maximum absolute atomic E-state index is 11.7. The van der Waals surface area contributed by atoms with Gasteiger partial charge >= 0.3 is 6.09 Å². The lowest BCUT2D eigenvalue weighted by Crippen LogP contribution is -2.37. The first-order chi connectivity index (χ1) is 9.73. The maximum atomic E-state index is 11.7. The molecule has 1 aliphatic carbocycles. The van der Waals surface area contributed by atoms with Gasteiger partial charge in [-0.25, -0.2) is 4.79 Å². The number of alkyl carbamates (subject to hydrolysis) is 1. The highest BCUT2D eigenvalue weighted by Crippen LogP contribution is 2.38.